The molecule has 0 unspecified atom stereocenters. The Bertz CT molecular complexity index is 760. The van der Waals surface area contributed by atoms with Gasteiger partial charge in [0.1, 0.15) is 0 Å². The number of sulfonamides is 1. The number of benzene rings is 1. The second-order valence-corrected chi connectivity index (χ2v) is 10.3. The Morgan fingerprint density at radius 1 is 1.20 bits per heavy atom. The van der Waals surface area contributed by atoms with Crippen LogP contribution in [0.25, 0.3) is 0 Å². The van der Waals surface area contributed by atoms with Crippen molar-refractivity contribution in [3.05, 3.63) is 35.4 Å². The number of carbonyl (C=O) groups excluding carboxylic acids is 1. The quantitative estimate of drug-likeness (QED) is 0.825. The molecular weight excluding hydrogens is 336 g/mol. The van der Waals surface area contributed by atoms with Gasteiger partial charge < -0.3 is 4.90 Å². The number of nitrogens with zero attached hydrogens (tertiary/aromatic N) is 2. The van der Waals surface area contributed by atoms with Crippen molar-refractivity contribution in [3.63, 3.8) is 0 Å². The average molecular weight is 365 g/mol. The SMILES string of the molecule is Cc1cccc(CN2CCC[C@]3(CCN(S(=O)(=O)C(C)C)C3)C2=O)c1. The minimum atomic E-state index is -3.29. The second kappa shape index (κ2) is 6.72. The second-order valence-electron chi connectivity index (χ2n) is 7.78. The van der Waals surface area contributed by atoms with Crippen LogP contribution in [-0.2, 0) is 21.4 Å². The van der Waals surface area contributed by atoms with E-state index in [1.165, 1.54) is 9.87 Å². The van der Waals surface area contributed by atoms with E-state index in [9.17, 15) is 13.2 Å². The first-order valence-electron chi connectivity index (χ1n) is 9.08. The highest BCUT2D eigenvalue weighted by Gasteiger charge is 2.51. The average Bonchev–Trinajstić information content (AvgIpc) is 2.98. The molecule has 0 aromatic heterocycles. The van der Waals surface area contributed by atoms with Crippen molar-refractivity contribution in [2.45, 2.75) is 51.8 Å². The van der Waals surface area contributed by atoms with Crippen LogP contribution >= 0.6 is 0 Å². The Morgan fingerprint density at radius 2 is 1.96 bits per heavy atom. The van der Waals surface area contributed by atoms with Crippen LogP contribution in [0.4, 0.5) is 0 Å². The van der Waals surface area contributed by atoms with Gasteiger partial charge in [0.25, 0.3) is 0 Å². The Morgan fingerprint density at radius 3 is 2.64 bits per heavy atom. The van der Waals surface area contributed by atoms with Crippen molar-refractivity contribution in [3.8, 4) is 0 Å². The molecule has 5 nitrogen and oxygen atoms in total. The molecule has 2 heterocycles. The summed E-state index contributed by atoms with van der Waals surface area (Å²) < 4.78 is 26.5. The fourth-order valence-electron chi connectivity index (χ4n) is 4.06. The van der Waals surface area contributed by atoms with Gasteiger partial charge in [-0.05, 0) is 45.6 Å². The highest BCUT2D eigenvalue weighted by molar-refractivity contribution is 7.89. The Kier molecular flexibility index (Phi) is 4.95. The number of amides is 1. The lowest BCUT2D eigenvalue weighted by molar-refractivity contribution is -0.146. The molecule has 2 aliphatic heterocycles. The molecule has 1 amide bonds. The van der Waals surface area contributed by atoms with Crippen LogP contribution in [0, 0.1) is 12.3 Å². The summed E-state index contributed by atoms with van der Waals surface area (Å²) >= 11 is 0. The summed E-state index contributed by atoms with van der Waals surface area (Å²) in [4.78, 5) is 15.1. The molecule has 138 valence electrons. The third kappa shape index (κ3) is 3.47. The van der Waals surface area contributed by atoms with Crippen LogP contribution in [0.2, 0.25) is 0 Å². The number of hydrogen-bond donors (Lipinski definition) is 0. The van der Waals surface area contributed by atoms with Crippen molar-refractivity contribution in [1.82, 2.24) is 9.21 Å². The molecule has 2 aliphatic rings. The van der Waals surface area contributed by atoms with Crippen LogP contribution in [0.5, 0.6) is 0 Å². The van der Waals surface area contributed by atoms with Crippen molar-refractivity contribution in [2.75, 3.05) is 19.6 Å². The van der Waals surface area contributed by atoms with Gasteiger partial charge >= 0.3 is 0 Å². The topological polar surface area (TPSA) is 57.7 Å². The van der Waals surface area contributed by atoms with Gasteiger partial charge in [-0.3, -0.25) is 4.79 Å². The molecule has 0 N–H and O–H groups in total. The van der Waals surface area contributed by atoms with Crippen LogP contribution in [0.1, 0.15) is 44.2 Å². The molecule has 1 aromatic rings. The summed E-state index contributed by atoms with van der Waals surface area (Å²) in [6, 6.07) is 8.22. The highest BCUT2D eigenvalue weighted by atomic mass is 32.2. The van der Waals surface area contributed by atoms with E-state index in [4.69, 9.17) is 0 Å². The van der Waals surface area contributed by atoms with Crippen molar-refractivity contribution in [2.24, 2.45) is 5.41 Å². The minimum absolute atomic E-state index is 0.127. The van der Waals surface area contributed by atoms with E-state index in [1.54, 1.807) is 13.8 Å². The zero-order valence-electron chi connectivity index (χ0n) is 15.4. The first-order chi connectivity index (χ1) is 11.7. The first-order valence-corrected chi connectivity index (χ1v) is 10.6. The lowest BCUT2D eigenvalue weighted by Crippen LogP contribution is -2.50. The van der Waals surface area contributed by atoms with Gasteiger partial charge in [-0.1, -0.05) is 29.8 Å². The number of aryl methyl sites for hydroxylation is 1. The maximum absolute atomic E-state index is 13.2. The molecule has 0 saturated carbocycles. The Labute approximate surface area is 151 Å². The van der Waals surface area contributed by atoms with E-state index in [-0.39, 0.29) is 5.91 Å². The monoisotopic (exact) mass is 364 g/mol. The molecular formula is C19H28N2O3S. The smallest absolute Gasteiger partial charge is 0.230 e. The van der Waals surface area contributed by atoms with E-state index in [2.05, 4.69) is 19.1 Å². The molecule has 6 heteroatoms. The maximum Gasteiger partial charge on any atom is 0.230 e. The normalized spacial score (nSPS) is 25.3. The maximum atomic E-state index is 13.2. The molecule has 0 radical (unpaired) electrons. The fourth-order valence-corrected chi connectivity index (χ4v) is 5.43. The molecule has 0 bridgehead atoms. The van der Waals surface area contributed by atoms with E-state index < -0.39 is 20.7 Å². The van der Waals surface area contributed by atoms with E-state index in [0.717, 1.165) is 24.9 Å². The van der Waals surface area contributed by atoms with Crippen LogP contribution in [0.15, 0.2) is 24.3 Å². The van der Waals surface area contributed by atoms with Crippen molar-refractivity contribution >= 4 is 15.9 Å². The van der Waals surface area contributed by atoms with E-state index in [0.29, 0.717) is 26.1 Å². The standard InChI is InChI=1S/C19H28N2O3S/c1-15(2)25(23,24)21-11-9-19(14-21)8-5-10-20(18(19)22)13-17-7-4-6-16(3)12-17/h4,6-7,12,15H,5,8-11,13-14H2,1-3H3/t19-/m1/s1. The van der Waals surface area contributed by atoms with Crippen LogP contribution in [-0.4, -0.2) is 48.4 Å². The number of piperidine rings is 1. The Balaban J connectivity index is 1.76. The lowest BCUT2D eigenvalue weighted by atomic mass is 9.78. The summed E-state index contributed by atoms with van der Waals surface area (Å²) in [5.41, 5.74) is 1.80. The van der Waals surface area contributed by atoms with Gasteiger partial charge in [-0.15, -0.1) is 0 Å². The van der Waals surface area contributed by atoms with Crippen molar-refractivity contribution in [1.29, 1.82) is 0 Å². The summed E-state index contributed by atoms with van der Waals surface area (Å²) in [5.74, 6) is 0.127. The summed E-state index contributed by atoms with van der Waals surface area (Å²) in [7, 11) is -3.29. The molecule has 1 aromatic carbocycles. The number of hydrogen-bond acceptors (Lipinski definition) is 3. The fraction of sp³-hybridized carbons (Fsp3) is 0.632. The molecule has 25 heavy (non-hydrogen) atoms. The zero-order chi connectivity index (χ0) is 18.2. The Hall–Kier alpha value is -1.40. The molecule has 1 spiro atoms. The lowest BCUT2D eigenvalue weighted by Gasteiger charge is -2.39. The third-order valence-corrected chi connectivity index (χ3v) is 7.78. The summed E-state index contributed by atoms with van der Waals surface area (Å²) in [5, 5.41) is -0.440. The molecule has 2 fully saturated rings. The predicted octanol–water partition coefficient (Wildman–Crippen LogP) is 2.55. The van der Waals surface area contributed by atoms with Gasteiger partial charge in [0, 0.05) is 26.2 Å². The molecule has 3 rings (SSSR count). The molecule has 0 aliphatic carbocycles. The van der Waals surface area contributed by atoms with Gasteiger partial charge in [0.2, 0.25) is 15.9 Å². The summed E-state index contributed by atoms with van der Waals surface area (Å²) in [6.45, 7) is 7.63. The zero-order valence-corrected chi connectivity index (χ0v) is 16.2. The number of carbonyl (C=O) groups is 1. The third-order valence-electron chi connectivity index (χ3n) is 5.55. The minimum Gasteiger partial charge on any atom is -0.338 e. The number of rotatable bonds is 4. The van der Waals surface area contributed by atoms with Gasteiger partial charge in [-0.2, -0.15) is 0 Å². The van der Waals surface area contributed by atoms with Crippen molar-refractivity contribution < 1.29 is 13.2 Å². The van der Waals surface area contributed by atoms with Gasteiger partial charge in [0.05, 0.1) is 10.7 Å². The van der Waals surface area contributed by atoms with E-state index in [1.807, 2.05) is 17.0 Å². The first kappa shape index (κ1) is 18.4. The predicted molar refractivity (Wildman–Crippen MR) is 98.5 cm³/mol. The van der Waals surface area contributed by atoms with Crippen LogP contribution < -0.4 is 0 Å². The van der Waals surface area contributed by atoms with Gasteiger partial charge in [0.15, 0.2) is 0 Å². The van der Waals surface area contributed by atoms with Gasteiger partial charge in [-0.25, -0.2) is 12.7 Å². The largest absolute Gasteiger partial charge is 0.338 e. The molecule has 1 atom stereocenters. The summed E-state index contributed by atoms with van der Waals surface area (Å²) in [6.07, 6.45) is 2.37. The van der Waals surface area contributed by atoms with Crippen LogP contribution in [0.3, 0.4) is 0 Å². The molecule has 2 saturated heterocycles. The number of likely N-dealkylation sites (tertiary alicyclic amines) is 1. The van der Waals surface area contributed by atoms with E-state index >= 15 is 0 Å². The highest BCUT2D eigenvalue weighted by Crippen LogP contribution is 2.41.